The highest BCUT2D eigenvalue weighted by Gasteiger charge is 2.49. The average Bonchev–Trinajstić information content (AvgIpc) is 3.84. The van der Waals surface area contributed by atoms with Crippen molar-refractivity contribution in [3.63, 3.8) is 0 Å². The molecule has 6 heterocycles. The Balaban J connectivity index is 1.04. The van der Waals surface area contributed by atoms with Crippen LogP contribution in [-0.4, -0.2) is 103 Å². The predicted molar refractivity (Wildman–Crippen MR) is 204 cm³/mol. The minimum Gasteiger partial charge on any atom is -0.493 e. The lowest BCUT2D eigenvalue weighted by atomic mass is 9.86. The van der Waals surface area contributed by atoms with Gasteiger partial charge in [0.05, 0.1) is 41.3 Å². The molecule has 2 amide bonds. The molecule has 1 fully saturated rings. The summed E-state index contributed by atoms with van der Waals surface area (Å²) in [7, 11) is 0. The van der Waals surface area contributed by atoms with Gasteiger partial charge in [-0.2, -0.15) is 0 Å². The Hall–Kier alpha value is -6.16. The zero-order chi connectivity index (χ0) is 42.6. The second-order valence-corrected chi connectivity index (χ2v) is 14.8. The molecule has 2 aromatic heterocycles. The summed E-state index contributed by atoms with van der Waals surface area (Å²) in [5, 5.41) is 57.6. The standard InChI is InChI=1S/C40H41N5O15/c1-2-40(55)23-11-26-30-21(14-45(26)35(50)22(23)16-57-38(40)53)20(19-10-18-6-8-56-28(18)12-24(19)44-30)13-42-39(54)58-15-17-3-4-27(25(9-17)43-29(46)5-7-41)59-37-33(49)31(47)32(48)34(60-37)36(51)52/h3-4,9-12,31-34,37,47-49,55H,2,5-8,13-16,41H2,1H3,(H,42,54)(H,43,46)(H,51,52)/t31-,32-,33+,34-,37+,40-/m0/s1. The molecule has 0 aliphatic carbocycles. The molecule has 9 N–H and O–H groups in total. The van der Waals surface area contributed by atoms with Crippen LogP contribution in [0.5, 0.6) is 11.5 Å². The molecule has 0 radical (unpaired) electrons. The van der Waals surface area contributed by atoms with Crippen molar-refractivity contribution in [2.24, 2.45) is 5.73 Å². The monoisotopic (exact) mass is 831 g/mol. The number of alkyl carbamates (subject to hydrolysis) is 1. The number of carboxylic acid groups (broad SMARTS) is 1. The maximum absolute atomic E-state index is 13.9. The third kappa shape index (κ3) is 7.05. The third-order valence-corrected chi connectivity index (χ3v) is 11.1. The molecule has 20 nitrogen and oxygen atoms in total. The van der Waals surface area contributed by atoms with Gasteiger partial charge in [-0.3, -0.25) is 9.59 Å². The summed E-state index contributed by atoms with van der Waals surface area (Å²) in [6.45, 7) is 1.54. The lowest BCUT2D eigenvalue weighted by molar-refractivity contribution is -0.271. The lowest BCUT2D eigenvalue weighted by Crippen LogP contribution is -2.61. The van der Waals surface area contributed by atoms with Gasteiger partial charge in [-0.1, -0.05) is 13.0 Å². The van der Waals surface area contributed by atoms with Crippen LogP contribution in [0.4, 0.5) is 10.5 Å². The Bertz CT molecular complexity index is 2510. The Morgan fingerprint density at radius 2 is 1.85 bits per heavy atom. The molecule has 2 aromatic carbocycles. The van der Waals surface area contributed by atoms with Gasteiger partial charge in [-0.25, -0.2) is 19.4 Å². The molecule has 8 rings (SSSR count). The topological polar surface area (TPSA) is 301 Å². The van der Waals surface area contributed by atoms with Crippen molar-refractivity contribution < 1.29 is 68.4 Å². The average molecular weight is 832 g/mol. The molecule has 60 heavy (non-hydrogen) atoms. The summed E-state index contributed by atoms with van der Waals surface area (Å²) in [5.41, 5.74) is 7.40. The number of esters is 1. The minimum absolute atomic E-state index is 0.00906. The number of aromatic nitrogens is 2. The Morgan fingerprint density at radius 1 is 1.05 bits per heavy atom. The van der Waals surface area contributed by atoms with Crippen molar-refractivity contribution in [2.75, 3.05) is 18.5 Å². The van der Waals surface area contributed by atoms with Crippen molar-refractivity contribution in [3.8, 4) is 22.9 Å². The number of carbonyl (C=O) groups excluding carboxylic acids is 3. The number of carbonyl (C=O) groups is 4. The van der Waals surface area contributed by atoms with E-state index >= 15 is 0 Å². The number of nitrogens with one attached hydrogen (secondary N) is 2. The first-order valence-electron chi connectivity index (χ1n) is 19.1. The molecule has 6 atom stereocenters. The molecular formula is C40H41N5O15. The van der Waals surface area contributed by atoms with Gasteiger partial charge in [0.25, 0.3) is 5.56 Å². The van der Waals surface area contributed by atoms with Crippen LogP contribution in [-0.2, 0) is 66.9 Å². The smallest absolute Gasteiger partial charge is 0.407 e. The van der Waals surface area contributed by atoms with Gasteiger partial charge in [0.2, 0.25) is 12.2 Å². The van der Waals surface area contributed by atoms with E-state index in [2.05, 4.69) is 10.6 Å². The van der Waals surface area contributed by atoms with E-state index in [1.807, 2.05) is 6.07 Å². The Kier molecular flexibility index (Phi) is 10.7. The number of hydrogen-bond acceptors (Lipinski definition) is 16. The molecule has 0 unspecified atom stereocenters. The molecule has 0 bridgehead atoms. The number of aliphatic carboxylic acids is 1. The van der Waals surface area contributed by atoms with Gasteiger partial charge in [0.1, 0.15) is 43.0 Å². The first-order valence-corrected chi connectivity index (χ1v) is 19.1. The molecule has 1 saturated heterocycles. The summed E-state index contributed by atoms with van der Waals surface area (Å²) in [4.78, 5) is 69.0. The maximum atomic E-state index is 13.9. The van der Waals surface area contributed by atoms with Crippen LogP contribution < -0.4 is 31.4 Å². The SMILES string of the molecule is CC[C@@]1(O)C(=O)OCc2c1cc1n(c2=O)Cc2c-1nc1cc3c(cc1c2CNC(=O)OCc1ccc(O[C@@H]2O[C@H](C(=O)O)[C@@H](O)[C@H](O)[C@H]2O)c(NC(=O)CCN)c1)CCO3. The van der Waals surface area contributed by atoms with Gasteiger partial charge < -0.3 is 70.2 Å². The fraction of sp³-hybridized carbons (Fsp3) is 0.400. The van der Waals surface area contributed by atoms with Gasteiger partial charge in [0.15, 0.2) is 11.7 Å². The van der Waals surface area contributed by atoms with E-state index in [1.165, 1.54) is 22.8 Å². The van der Waals surface area contributed by atoms with Crippen molar-refractivity contribution in [1.29, 1.82) is 0 Å². The predicted octanol–water partition coefficient (Wildman–Crippen LogP) is -0.000800. The van der Waals surface area contributed by atoms with Gasteiger partial charge in [-0.05, 0) is 47.4 Å². The molecule has 20 heteroatoms. The fourth-order valence-electron chi connectivity index (χ4n) is 7.88. The highest BCUT2D eigenvalue weighted by atomic mass is 16.7. The number of nitrogens with zero attached hydrogens (tertiary/aromatic N) is 2. The van der Waals surface area contributed by atoms with E-state index in [0.29, 0.717) is 57.8 Å². The zero-order valence-corrected chi connectivity index (χ0v) is 32.0. The summed E-state index contributed by atoms with van der Waals surface area (Å²) in [6.07, 6.45) is -9.71. The van der Waals surface area contributed by atoms with Crippen molar-refractivity contribution in [1.82, 2.24) is 14.9 Å². The van der Waals surface area contributed by atoms with E-state index in [4.69, 9.17) is 34.4 Å². The van der Waals surface area contributed by atoms with Gasteiger partial charge >= 0.3 is 18.0 Å². The normalized spacial score (nSPS) is 23.7. The van der Waals surface area contributed by atoms with Crippen LogP contribution >= 0.6 is 0 Å². The first kappa shape index (κ1) is 40.6. The van der Waals surface area contributed by atoms with Crippen LogP contribution in [0.1, 0.15) is 53.1 Å². The molecule has 4 aliphatic heterocycles. The number of pyridine rings is 2. The lowest BCUT2D eigenvalue weighted by Gasteiger charge is -2.38. The molecule has 316 valence electrons. The van der Waals surface area contributed by atoms with Gasteiger partial charge in [0, 0.05) is 48.5 Å². The van der Waals surface area contributed by atoms with Crippen molar-refractivity contribution in [3.05, 3.63) is 80.1 Å². The number of carboxylic acids is 1. The summed E-state index contributed by atoms with van der Waals surface area (Å²) in [5.74, 6) is -2.42. The molecule has 0 spiro atoms. The molecule has 4 aromatic rings. The van der Waals surface area contributed by atoms with E-state index < -0.39 is 65.8 Å². The van der Waals surface area contributed by atoms with Gasteiger partial charge in [-0.15, -0.1) is 0 Å². The number of anilines is 1. The van der Waals surface area contributed by atoms with Crippen LogP contribution in [0.3, 0.4) is 0 Å². The molecule has 0 saturated carbocycles. The number of cyclic esters (lactones) is 1. The second-order valence-electron chi connectivity index (χ2n) is 14.8. The van der Waals surface area contributed by atoms with E-state index in [0.717, 1.165) is 5.56 Å². The number of rotatable bonds is 11. The number of nitrogens with two attached hydrogens (primary N) is 1. The van der Waals surface area contributed by atoms with Crippen LogP contribution in [0.15, 0.2) is 41.2 Å². The Labute approximate surface area is 339 Å². The van der Waals surface area contributed by atoms with E-state index in [9.17, 15) is 49.5 Å². The van der Waals surface area contributed by atoms with Crippen LogP contribution in [0.2, 0.25) is 0 Å². The summed E-state index contributed by atoms with van der Waals surface area (Å²) >= 11 is 0. The summed E-state index contributed by atoms with van der Waals surface area (Å²) in [6, 6.07) is 9.56. The number of aliphatic hydroxyl groups excluding tert-OH is 3. The largest absolute Gasteiger partial charge is 0.493 e. The van der Waals surface area contributed by atoms with Crippen molar-refractivity contribution >= 4 is 40.5 Å². The number of fused-ring (bicyclic) bond motifs is 6. The third-order valence-electron chi connectivity index (χ3n) is 11.1. The minimum atomic E-state index is -2.01. The highest BCUT2D eigenvalue weighted by molar-refractivity contribution is 5.93. The number of amides is 2. The molecule has 4 aliphatic rings. The first-order chi connectivity index (χ1) is 28.7. The van der Waals surface area contributed by atoms with Crippen molar-refractivity contribution in [2.45, 2.75) is 88.8 Å². The summed E-state index contributed by atoms with van der Waals surface area (Å²) < 4.78 is 29.0. The maximum Gasteiger partial charge on any atom is 0.407 e. The van der Waals surface area contributed by atoms with E-state index in [-0.39, 0.29) is 68.3 Å². The van der Waals surface area contributed by atoms with Crippen LogP contribution in [0, 0.1) is 0 Å². The van der Waals surface area contributed by atoms with E-state index in [1.54, 1.807) is 19.1 Å². The quantitative estimate of drug-likeness (QED) is 0.0813. The Morgan fingerprint density at radius 3 is 2.60 bits per heavy atom. The number of ether oxygens (including phenoxy) is 5. The van der Waals surface area contributed by atoms with Crippen LogP contribution in [0.25, 0.3) is 22.3 Å². The zero-order valence-electron chi connectivity index (χ0n) is 32.0. The molecular weight excluding hydrogens is 790 g/mol. The number of aliphatic hydroxyl groups is 4. The second kappa shape index (κ2) is 15.8. The number of benzene rings is 2. The fourth-order valence-corrected chi connectivity index (χ4v) is 7.88. The highest BCUT2D eigenvalue weighted by Crippen LogP contribution is 2.42. The number of hydrogen-bond donors (Lipinski definition) is 8.